The van der Waals surface area contributed by atoms with E-state index in [1.807, 2.05) is 24.3 Å². The average molecular weight is 328 g/mol. The first-order chi connectivity index (χ1) is 11.2. The molecule has 2 aliphatic carbocycles. The summed E-state index contributed by atoms with van der Waals surface area (Å²) in [5.74, 6) is 1.45. The molecule has 2 fully saturated rings. The van der Waals surface area contributed by atoms with Crippen LogP contribution in [-0.2, 0) is 11.2 Å². The molecule has 1 N–H and O–H groups in total. The molecule has 0 unspecified atom stereocenters. The quantitative estimate of drug-likeness (QED) is 0.904. The molecule has 0 spiro atoms. The number of rotatable bonds is 5. The Morgan fingerprint density at radius 3 is 2.52 bits per heavy atom. The van der Waals surface area contributed by atoms with E-state index in [9.17, 15) is 4.79 Å². The maximum Gasteiger partial charge on any atom is 0.231 e. The molecule has 23 heavy (non-hydrogen) atoms. The molecule has 2 aliphatic rings. The van der Waals surface area contributed by atoms with Crippen molar-refractivity contribution in [1.82, 2.24) is 9.97 Å². The van der Waals surface area contributed by atoms with Crippen molar-refractivity contribution in [1.29, 1.82) is 0 Å². The van der Waals surface area contributed by atoms with Crippen LogP contribution in [0.5, 0.6) is 0 Å². The molecule has 118 valence electrons. The number of hydrogen-bond donors (Lipinski definition) is 1. The Morgan fingerprint density at radius 1 is 1.22 bits per heavy atom. The normalized spacial score (nSPS) is 18.5. The van der Waals surface area contributed by atoms with Crippen LogP contribution in [-0.4, -0.2) is 15.9 Å². The second-order valence-corrected chi connectivity index (χ2v) is 7.01. The average Bonchev–Trinajstić information content (AvgIpc) is 3.45. The van der Waals surface area contributed by atoms with Crippen LogP contribution in [0.3, 0.4) is 0 Å². The van der Waals surface area contributed by atoms with Crippen LogP contribution in [0, 0.1) is 5.41 Å². The van der Waals surface area contributed by atoms with Crippen molar-refractivity contribution in [2.75, 3.05) is 5.32 Å². The van der Waals surface area contributed by atoms with Gasteiger partial charge in [0, 0.05) is 10.9 Å². The molecular weight excluding hydrogens is 310 g/mol. The molecule has 0 bridgehead atoms. The first-order valence-electron chi connectivity index (χ1n) is 8.03. The summed E-state index contributed by atoms with van der Waals surface area (Å²) in [5, 5.41) is 3.69. The number of amides is 1. The van der Waals surface area contributed by atoms with E-state index < -0.39 is 0 Å². The smallest absolute Gasteiger partial charge is 0.231 e. The molecule has 2 saturated carbocycles. The Morgan fingerprint density at radius 2 is 1.91 bits per heavy atom. The van der Waals surface area contributed by atoms with Gasteiger partial charge in [-0.25, -0.2) is 9.97 Å². The predicted octanol–water partition coefficient (Wildman–Crippen LogP) is 3.97. The van der Waals surface area contributed by atoms with Gasteiger partial charge < -0.3 is 5.32 Å². The Bertz CT molecular complexity index is 736. The molecule has 4 nitrogen and oxygen atoms in total. The predicted molar refractivity (Wildman–Crippen MR) is 89.5 cm³/mol. The minimum atomic E-state index is -0.333. The summed E-state index contributed by atoms with van der Waals surface area (Å²) in [6.07, 6.45) is 8.24. The summed E-state index contributed by atoms with van der Waals surface area (Å²) < 4.78 is 0. The van der Waals surface area contributed by atoms with Crippen LogP contribution in [0.25, 0.3) is 0 Å². The maximum atomic E-state index is 12.6. The zero-order valence-corrected chi connectivity index (χ0v) is 13.5. The van der Waals surface area contributed by atoms with E-state index in [0.29, 0.717) is 18.0 Å². The van der Waals surface area contributed by atoms with Gasteiger partial charge in [0.1, 0.15) is 5.82 Å². The highest BCUT2D eigenvalue weighted by molar-refractivity contribution is 6.31. The topological polar surface area (TPSA) is 54.9 Å². The molecule has 1 amide bonds. The third-order valence-corrected chi connectivity index (χ3v) is 5.06. The van der Waals surface area contributed by atoms with Gasteiger partial charge in [0.25, 0.3) is 0 Å². The zero-order valence-electron chi connectivity index (χ0n) is 12.8. The highest BCUT2D eigenvalue weighted by Crippen LogP contribution is 2.50. The lowest BCUT2D eigenvalue weighted by Gasteiger charge is -2.16. The minimum absolute atomic E-state index is 0.0418. The maximum absolute atomic E-state index is 12.6. The molecule has 2 aromatic rings. The number of nitrogens with one attached hydrogen (secondary N) is 1. The lowest BCUT2D eigenvalue weighted by molar-refractivity contribution is -0.121. The molecule has 1 aromatic heterocycles. The number of aromatic nitrogens is 2. The van der Waals surface area contributed by atoms with Crippen molar-refractivity contribution in [3.8, 4) is 0 Å². The van der Waals surface area contributed by atoms with Crippen LogP contribution < -0.4 is 5.32 Å². The zero-order chi connectivity index (χ0) is 15.9. The number of benzene rings is 1. The number of carbonyl (C=O) groups is 1. The van der Waals surface area contributed by atoms with Gasteiger partial charge in [-0.3, -0.25) is 4.79 Å². The SMILES string of the molecule is O=C(Nc1cnc(C2CC2)nc1)C1(Cc2ccccc2Cl)CC1. The van der Waals surface area contributed by atoms with Gasteiger partial charge in [-0.1, -0.05) is 29.8 Å². The van der Waals surface area contributed by atoms with Crippen molar-refractivity contribution in [2.24, 2.45) is 5.41 Å². The molecule has 0 atom stereocenters. The molecule has 5 heteroatoms. The van der Waals surface area contributed by atoms with E-state index in [-0.39, 0.29) is 11.3 Å². The van der Waals surface area contributed by atoms with Gasteiger partial charge in [0.2, 0.25) is 5.91 Å². The van der Waals surface area contributed by atoms with E-state index in [2.05, 4.69) is 15.3 Å². The molecule has 4 rings (SSSR count). The summed E-state index contributed by atoms with van der Waals surface area (Å²) in [6, 6.07) is 7.72. The van der Waals surface area contributed by atoms with Crippen LogP contribution in [0.15, 0.2) is 36.7 Å². The van der Waals surface area contributed by atoms with E-state index in [1.165, 1.54) is 12.8 Å². The number of anilines is 1. The Hall–Kier alpha value is -1.94. The van der Waals surface area contributed by atoms with Crippen molar-refractivity contribution in [2.45, 2.75) is 38.0 Å². The van der Waals surface area contributed by atoms with Crippen LogP contribution >= 0.6 is 11.6 Å². The van der Waals surface area contributed by atoms with Crippen LogP contribution in [0.1, 0.15) is 43.0 Å². The lowest BCUT2D eigenvalue weighted by atomic mass is 9.95. The molecule has 0 radical (unpaired) electrons. The second kappa shape index (κ2) is 5.60. The summed E-state index contributed by atoms with van der Waals surface area (Å²) in [7, 11) is 0. The fourth-order valence-electron chi connectivity index (χ4n) is 2.86. The van der Waals surface area contributed by atoms with Crippen LogP contribution in [0.2, 0.25) is 5.02 Å². The fourth-order valence-corrected chi connectivity index (χ4v) is 3.06. The number of halogens is 1. The summed E-state index contributed by atoms with van der Waals surface area (Å²) >= 11 is 6.22. The summed E-state index contributed by atoms with van der Waals surface area (Å²) in [6.45, 7) is 0. The third kappa shape index (κ3) is 3.08. The van der Waals surface area contributed by atoms with E-state index in [1.54, 1.807) is 12.4 Å². The first kappa shape index (κ1) is 14.6. The van der Waals surface area contributed by atoms with Crippen molar-refractivity contribution in [3.05, 3.63) is 53.1 Å². The second-order valence-electron chi connectivity index (χ2n) is 6.61. The number of nitrogens with zero attached hydrogens (tertiary/aromatic N) is 2. The minimum Gasteiger partial charge on any atom is -0.323 e. The standard InChI is InChI=1S/C18H18ClN3O/c19-15-4-2-1-3-13(15)9-18(7-8-18)17(23)22-14-10-20-16(21-11-14)12-5-6-12/h1-4,10-12H,5-9H2,(H,22,23). The highest BCUT2D eigenvalue weighted by atomic mass is 35.5. The summed E-state index contributed by atoms with van der Waals surface area (Å²) in [5.41, 5.74) is 1.37. The van der Waals surface area contributed by atoms with E-state index in [4.69, 9.17) is 11.6 Å². The summed E-state index contributed by atoms with van der Waals surface area (Å²) in [4.78, 5) is 21.3. The first-order valence-corrected chi connectivity index (χ1v) is 8.41. The van der Waals surface area contributed by atoms with E-state index >= 15 is 0 Å². The van der Waals surface area contributed by atoms with E-state index in [0.717, 1.165) is 29.3 Å². The van der Waals surface area contributed by atoms with Gasteiger partial charge in [0.05, 0.1) is 23.5 Å². The highest BCUT2D eigenvalue weighted by Gasteiger charge is 2.49. The molecule has 0 saturated heterocycles. The van der Waals surface area contributed by atoms with Crippen molar-refractivity contribution in [3.63, 3.8) is 0 Å². The Kier molecular flexibility index (Phi) is 3.57. The molecule has 1 heterocycles. The van der Waals surface area contributed by atoms with Crippen molar-refractivity contribution >= 4 is 23.2 Å². The van der Waals surface area contributed by atoms with Gasteiger partial charge in [-0.2, -0.15) is 0 Å². The van der Waals surface area contributed by atoms with Crippen LogP contribution in [0.4, 0.5) is 5.69 Å². The largest absolute Gasteiger partial charge is 0.323 e. The number of hydrogen-bond acceptors (Lipinski definition) is 3. The van der Waals surface area contributed by atoms with Gasteiger partial charge in [-0.05, 0) is 43.7 Å². The molecular formula is C18H18ClN3O. The number of carbonyl (C=O) groups excluding carboxylic acids is 1. The Labute approximate surface area is 140 Å². The molecule has 1 aromatic carbocycles. The van der Waals surface area contributed by atoms with Gasteiger partial charge in [-0.15, -0.1) is 0 Å². The Balaban J connectivity index is 1.44. The van der Waals surface area contributed by atoms with Crippen molar-refractivity contribution < 1.29 is 4.79 Å². The monoisotopic (exact) mass is 327 g/mol. The third-order valence-electron chi connectivity index (χ3n) is 4.69. The van der Waals surface area contributed by atoms with Gasteiger partial charge in [0.15, 0.2) is 0 Å². The molecule has 0 aliphatic heterocycles. The van der Waals surface area contributed by atoms with Gasteiger partial charge >= 0.3 is 0 Å². The fraction of sp³-hybridized carbons (Fsp3) is 0.389. The lowest BCUT2D eigenvalue weighted by Crippen LogP contribution is -2.26.